The Labute approximate surface area is 99.5 Å². The van der Waals surface area contributed by atoms with Gasteiger partial charge in [0, 0.05) is 26.3 Å². The summed E-state index contributed by atoms with van der Waals surface area (Å²) in [5.41, 5.74) is 0. The molecular weight excluding hydrogens is 228 g/mol. The summed E-state index contributed by atoms with van der Waals surface area (Å²) in [6.07, 6.45) is 5.73. The van der Waals surface area contributed by atoms with Crippen molar-refractivity contribution in [3.8, 4) is 0 Å². The van der Waals surface area contributed by atoms with Crippen LogP contribution < -0.4 is 0 Å². The van der Waals surface area contributed by atoms with E-state index in [4.69, 9.17) is 12.2 Å². The summed E-state index contributed by atoms with van der Waals surface area (Å²) in [7, 11) is 1.73. The largest absolute Gasteiger partial charge is 0.376 e. The van der Waals surface area contributed by atoms with Crippen molar-refractivity contribution in [1.29, 1.82) is 0 Å². The first-order chi connectivity index (χ1) is 7.18. The average molecular weight is 242 g/mol. The minimum atomic E-state index is 0.0376. The number of thioether (sulfide) groups is 1. The van der Waals surface area contributed by atoms with Crippen LogP contribution in [0.15, 0.2) is 11.1 Å². The summed E-state index contributed by atoms with van der Waals surface area (Å²) < 4.78 is 0.656. The number of nitrogens with zero attached hydrogens (tertiary/aromatic N) is 2. The second-order valence-corrected chi connectivity index (χ2v) is 5.50. The standard InChI is InChI=1S/C10H14N2OS2/c1-11-9(13)8(15-10(11)14)7-12-5-3-2-4-6-12/h7H,2-6H2,1H3/b8-7-. The van der Waals surface area contributed by atoms with Gasteiger partial charge >= 0.3 is 0 Å². The van der Waals surface area contributed by atoms with E-state index in [1.807, 2.05) is 6.20 Å². The summed E-state index contributed by atoms with van der Waals surface area (Å²) in [5, 5.41) is 0. The van der Waals surface area contributed by atoms with Gasteiger partial charge in [-0.25, -0.2) is 0 Å². The molecule has 0 spiro atoms. The topological polar surface area (TPSA) is 23.6 Å². The molecule has 2 fully saturated rings. The average Bonchev–Trinajstić information content (AvgIpc) is 2.48. The molecule has 0 bridgehead atoms. The van der Waals surface area contributed by atoms with Crippen LogP contribution in [0, 0.1) is 0 Å². The molecule has 2 aliphatic heterocycles. The van der Waals surface area contributed by atoms with Gasteiger partial charge < -0.3 is 4.90 Å². The van der Waals surface area contributed by atoms with Crippen LogP contribution in [0.3, 0.4) is 0 Å². The Kier molecular flexibility index (Phi) is 3.31. The minimum Gasteiger partial charge on any atom is -0.376 e. The van der Waals surface area contributed by atoms with Gasteiger partial charge in [-0.2, -0.15) is 0 Å². The maximum atomic E-state index is 11.7. The molecule has 0 unspecified atom stereocenters. The van der Waals surface area contributed by atoms with E-state index in [2.05, 4.69) is 4.90 Å². The fourth-order valence-electron chi connectivity index (χ4n) is 1.75. The van der Waals surface area contributed by atoms with E-state index in [9.17, 15) is 4.79 Å². The number of thiocarbonyl (C=S) groups is 1. The Morgan fingerprint density at radius 3 is 2.53 bits per heavy atom. The monoisotopic (exact) mass is 242 g/mol. The lowest BCUT2D eigenvalue weighted by molar-refractivity contribution is -0.121. The second kappa shape index (κ2) is 4.53. The fourth-order valence-corrected chi connectivity index (χ4v) is 2.94. The van der Waals surface area contributed by atoms with Gasteiger partial charge in [0.1, 0.15) is 4.32 Å². The third-order valence-corrected chi connectivity index (χ3v) is 4.15. The maximum Gasteiger partial charge on any atom is 0.267 e. The zero-order valence-corrected chi connectivity index (χ0v) is 10.4. The van der Waals surface area contributed by atoms with E-state index in [1.165, 1.54) is 35.9 Å². The highest BCUT2D eigenvalue weighted by Crippen LogP contribution is 2.30. The van der Waals surface area contributed by atoms with Crippen LogP contribution in [0.1, 0.15) is 19.3 Å². The number of piperidine rings is 1. The van der Waals surface area contributed by atoms with E-state index in [-0.39, 0.29) is 5.91 Å². The van der Waals surface area contributed by atoms with Gasteiger partial charge in [0.05, 0.1) is 4.91 Å². The molecule has 0 aliphatic carbocycles. The molecule has 0 aromatic heterocycles. The first-order valence-corrected chi connectivity index (χ1v) is 6.36. The number of likely N-dealkylation sites (tertiary alicyclic amines) is 1. The van der Waals surface area contributed by atoms with E-state index >= 15 is 0 Å². The van der Waals surface area contributed by atoms with Crippen LogP contribution in [0.4, 0.5) is 0 Å². The first-order valence-electron chi connectivity index (χ1n) is 5.14. The second-order valence-electron chi connectivity index (χ2n) is 3.82. The van der Waals surface area contributed by atoms with Crippen molar-refractivity contribution in [2.75, 3.05) is 20.1 Å². The van der Waals surface area contributed by atoms with Crippen molar-refractivity contribution < 1.29 is 4.79 Å². The van der Waals surface area contributed by atoms with Gasteiger partial charge in [-0.15, -0.1) is 0 Å². The highest BCUT2D eigenvalue weighted by molar-refractivity contribution is 8.26. The molecule has 82 valence electrons. The lowest BCUT2D eigenvalue weighted by Gasteiger charge is -2.25. The van der Waals surface area contributed by atoms with Crippen molar-refractivity contribution in [1.82, 2.24) is 9.80 Å². The molecule has 5 heteroatoms. The number of carbonyl (C=O) groups is 1. The molecule has 0 aromatic rings. The Bertz CT molecular complexity index is 321. The molecule has 1 amide bonds. The van der Waals surface area contributed by atoms with Gasteiger partial charge in [-0.05, 0) is 19.3 Å². The fraction of sp³-hybridized carbons (Fsp3) is 0.600. The van der Waals surface area contributed by atoms with Crippen molar-refractivity contribution in [2.24, 2.45) is 0 Å². The van der Waals surface area contributed by atoms with Gasteiger partial charge in [0.25, 0.3) is 5.91 Å². The minimum absolute atomic E-state index is 0.0376. The van der Waals surface area contributed by atoms with E-state index in [0.717, 1.165) is 18.0 Å². The van der Waals surface area contributed by atoms with Gasteiger partial charge in [0.2, 0.25) is 0 Å². The van der Waals surface area contributed by atoms with Gasteiger partial charge in [-0.1, -0.05) is 24.0 Å². The molecule has 2 aliphatic rings. The molecule has 0 radical (unpaired) electrons. The zero-order chi connectivity index (χ0) is 10.8. The lowest BCUT2D eigenvalue weighted by atomic mass is 10.1. The number of amides is 1. The molecule has 0 atom stereocenters. The molecule has 3 nitrogen and oxygen atoms in total. The summed E-state index contributed by atoms with van der Waals surface area (Å²) in [6, 6.07) is 0. The molecule has 0 N–H and O–H groups in total. The molecule has 0 aromatic carbocycles. The SMILES string of the molecule is CN1C(=O)/C(=C/N2CCCCC2)SC1=S. The summed E-state index contributed by atoms with van der Waals surface area (Å²) >= 11 is 6.47. The summed E-state index contributed by atoms with van der Waals surface area (Å²) in [4.78, 5) is 16.2. The van der Waals surface area contributed by atoms with Crippen molar-refractivity contribution in [2.45, 2.75) is 19.3 Å². The third-order valence-electron chi connectivity index (χ3n) is 2.68. The normalized spacial score (nSPS) is 25.5. The van der Waals surface area contributed by atoms with Crippen LogP contribution >= 0.6 is 24.0 Å². The maximum absolute atomic E-state index is 11.7. The van der Waals surface area contributed by atoms with Gasteiger partial charge in [0.15, 0.2) is 0 Å². The Balaban J connectivity index is 2.07. The van der Waals surface area contributed by atoms with E-state index < -0.39 is 0 Å². The van der Waals surface area contributed by atoms with Crippen molar-refractivity contribution >= 4 is 34.2 Å². The highest BCUT2D eigenvalue weighted by atomic mass is 32.2. The van der Waals surface area contributed by atoms with E-state index in [0.29, 0.717) is 4.32 Å². The van der Waals surface area contributed by atoms with E-state index in [1.54, 1.807) is 7.05 Å². The molecule has 2 heterocycles. The van der Waals surface area contributed by atoms with Crippen LogP contribution in [0.2, 0.25) is 0 Å². The Morgan fingerprint density at radius 1 is 1.33 bits per heavy atom. The lowest BCUT2D eigenvalue weighted by Crippen LogP contribution is -2.26. The Morgan fingerprint density at radius 2 is 2.00 bits per heavy atom. The number of carbonyl (C=O) groups excluding carboxylic acids is 1. The van der Waals surface area contributed by atoms with Crippen LogP contribution in [0.25, 0.3) is 0 Å². The zero-order valence-electron chi connectivity index (χ0n) is 8.73. The number of hydrogen-bond acceptors (Lipinski definition) is 4. The molecule has 15 heavy (non-hydrogen) atoms. The smallest absolute Gasteiger partial charge is 0.267 e. The summed E-state index contributed by atoms with van der Waals surface area (Å²) in [5.74, 6) is 0.0376. The number of hydrogen-bond donors (Lipinski definition) is 0. The quantitative estimate of drug-likeness (QED) is 0.517. The van der Waals surface area contributed by atoms with Crippen LogP contribution in [-0.2, 0) is 4.79 Å². The first kappa shape index (κ1) is 11.0. The molecule has 2 saturated heterocycles. The highest BCUT2D eigenvalue weighted by Gasteiger charge is 2.29. The third kappa shape index (κ3) is 2.34. The van der Waals surface area contributed by atoms with Crippen molar-refractivity contribution in [3.05, 3.63) is 11.1 Å². The molecule has 2 rings (SSSR count). The van der Waals surface area contributed by atoms with Crippen molar-refractivity contribution in [3.63, 3.8) is 0 Å². The predicted molar refractivity (Wildman–Crippen MR) is 66.5 cm³/mol. The Hall–Kier alpha value is -0.550. The number of likely N-dealkylation sites (N-methyl/N-ethyl adjacent to an activating group) is 1. The van der Waals surface area contributed by atoms with Crippen LogP contribution in [0.5, 0.6) is 0 Å². The van der Waals surface area contributed by atoms with Gasteiger partial charge in [-0.3, -0.25) is 9.69 Å². The predicted octanol–water partition coefficient (Wildman–Crippen LogP) is 1.80. The summed E-state index contributed by atoms with van der Waals surface area (Å²) in [6.45, 7) is 2.13. The van der Waals surface area contributed by atoms with Crippen LogP contribution in [-0.4, -0.2) is 40.2 Å². The number of rotatable bonds is 1. The molecular formula is C10H14N2OS2. The molecule has 0 saturated carbocycles.